The standard InChI is InChI=1S/C26H34ClN3O2/c1-17(2)18(3)30(26(32)22-11-6-7-12-23(22)27)16-20-15-21(13-14-24(20)29(4)5)28-25(31)19-9-8-10-19/h6-7,11-15,17-19H,8-10,16H2,1-5H3,(H,28,31). The minimum atomic E-state index is -0.0922. The summed E-state index contributed by atoms with van der Waals surface area (Å²) in [6, 6.07) is 13.1. The lowest BCUT2D eigenvalue weighted by Crippen LogP contribution is -2.41. The van der Waals surface area contributed by atoms with E-state index in [2.05, 4.69) is 26.1 Å². The molecule has 1 unspecified atom stereocenters. The molecule has 2 aromatic rings. The molecule has 0 aliphatic heterocycles. The van der Waals surface area contributed by atoms with Crippen LogP contribution in [-0.2, 0) is 11.3 Å². The van der Waals surface area contributed by atoms with Gasteiger partial charge >= 0.3 is 0 Å². The topological polar surface area (TPSA) is 52.7 Å². The van der Waals surface area contributed by atoms with Crippen LogP contribution in [0.1, 0.15) is 56.0 Å². The third-order valence-corrected chi connectivity index (χ3v) is 6.80. The van der Waals surface area contributed by atoms with Gasteiger partial charge in [0.1, 0.15) is 0 Å². The lowest BCUT2D eigenvalue weighted by Gasteiger charge is -2.34. The Labute approximate surface area is 196 Å². The Morgan fingerprint density at radius 1 is 1.09 bits per heavy atom. The Bertz CT molecular complexity index is 969. The van der Waals surface area contributed by atoms with Gasteiger partial charge < -0.3 is 15.1 Å². The third-order valence-electron chi connectivity index (χ3n) is 6.47. The molecule has 6 heteroatoms. The van der Waals surface area contributed by atoms with Gasteiger partial charge in [-0.25, -0.2) is 0 Å². The molecule has 3 rings (SSSR count). The number of carbonyl (C=O) groups excluding carboxylic acids is 2. The Morgan fingerprint density at radius 2 is 1.78 bits per heavy atom. The van der Waals surface area contributed by atoms with E-state index in [-0.39, 0.29) is 29.7 Å². The lowest BCUT2D eigenvalue weighted by atomic mass is 9.85. The highest BCUT2D eigenvalue weighted by Gasteiger charge is 2.28. The minimum Gasteiger partial charge on any atom is -0.377 e. The van der Waals surface area contributed by atoms with Gasteiger partial charge in [0.25, 0.3) is 5.91 Å². The second-order valence-corrected chi connectivity index (χ2v) is 9.66. The number of hydrogen-bond acceptors (Lipinski definition) is 3. The smallest absolute Gasteiger partial charge is 0.255 e. The van der Waals surface area contributed by atoms with Crippen LogP contribution < -0.4 is 10.2 Å². The predicted octanol–water partition coefficient (Wildman–Crippen LogP) is 5.83. The number of amides is 2. The van der Waals surface area contributed by atoms with Crippen molar-refractivity contribution in [1.82, 2.24) is 4.90 Å². The molecule has 1 saturated carbocycles. The van der Waals surface area contributed by atoms with Gasteiger partial charge in [-0.15, -0.1) is 0 Å². The third kappa shape index (κ3) is 5.44. The first-order chi connectivity index (χ1) is 15.2. The number of carbonyl (C=O) groups is 2. The van der Waals surface area contributed by atoms with E-state index in [0.717, 1.165) is 36.2 Å². The quantitative estimate of drug-likeness (QED) is 0.544. The van der Waals surface area contributed by atoms with E-state index < -0.39 is 0 Å². The van der Waals surface area contributed by atoms with Gasteiger partial charge in [0, 0.05) is 44.0 Å². The fraction of sp³-hybridized carbons (Fsp3) is 0.462. The van der Waals surface area contributed by atoms with Crippen molar-refractivity contribution in [2.75, 3.05) is 24.3 Å². The molecule has 1 atom stereocenters. The highest BCUT2D eigenvalue weighted by molar-refractivity contribution is 6.33. The first-order valence-electron chi connectivity index (χ1n) is 11.4. The maximum Gasteiger partial charge on any atom is 0.255 e. The molecule has 0 spiro atoms. The lowest BCUT2D eigenvalue weighted by molar-refractivity contribution is -0.122. The van der Waals surface area contributed by atoms with Gasteiger partial charge in [0.15, 0.2) is 0 Å². The largest absolute Gasteiger partial charge is 0.377 e. The highest BCUT2D eigenvalue weighted by Crippen LogP contribution is 2.30. The molecule has 1 aliphatic rings. The average molecular weight is 456 g/mol. The Hall–Kier alpha value is -2.53. The average Bonchev–Trinajstić information content (AvgIpc) is 2.70. The van der Waals surface area contributed by atoms with Crippen LogP contribution in [0, 0.1) is 11.8 Å². The number of hydrogen-bond donors (Lipinski definition) is 1. The van der Waals surface area contributed by atoms with Crippen molar-refractivity contribution >= 4 is 34.8 Å². The van der Waals surface area contributed by atoms with Gasteiger partial charge in [0.05, 0.1) is 10.6 Å². The molecule has 1 fully saturated rings. The van der Waals surface area contributed by atoms with E-state index in [1.54, 1.807) is 12.1 Å². The maximum atomic E-state index is 13.6. The van der Waals surface area contributed by atoms with Crippen LogP contribution in [0.5, 0.6) is 0 Å². The van der Waals surface area contributed by atoms with Crippen LogP contribution in [0.4, 0.5) is 11.4 Å². The number of nitrogens with one attached hydrogen (secondary N) is 1. The van der Waals surface area contributed by atoms with E-state index in [0.29, 0.717) is 17.1 Å². The van der Waals surface area contributed by atoms with E-state index in [4.69, 9.17) is 11.6 Å². The van der Waals surface area contributed by atoms with Crippen LogP contribution in [0.2, 0.25) is 5.02 Å². The van der Waals surface area contributed by atoms with E-state index in [9.17, 15) is 9.59 Å². The zero-order valence-corrected chi connectivity index (χ0v) is 20.4. The molecule has 2 aromatic carbocycles. The summed E-state index contributed by atoms with van der Waals surface area (Å²) in [5.41, 5.74) is 3.27. The monoisotopic (exact) mass is 455 g/mol. The molecule has 0 bridgehead atoms. The molecule has 1 N–H and O–H groups in total. The summed E-state index contributed by atoms with van der Waals surface area (Å²) in [6.07, 6.45) is 3.04. The molecule has 0 saturated heterocycles. The van der Waals surface area contributed by atoms with Gasteiger partial charge in [-0.1, -0.05) is 44.0 Å². The molecule has 0 aromatic heterocycles. The summed E-state index contributed by atoms with van der Waals surface area (Å²) in [4.78, 5) is 29.9. The van der Waals surface area contributed by atoms with Crippen molar-refractivity contribution in [1.29, 1.82) is 0 Å². The summed E-state index contributed by atoms with van der Waals surface area (Å²) in [6.45, 7) is 6.71. The van der Waals surface area contributed by atoms with E-state index in [1.807, 2.05) is 54.2 Å². The second kappa shape index (κ2) is 10.4. The number of anilines is 2. The summed E-state index contributed by atoms with van der Waals surface area (Å²) >= 11 is 6.36. The number of benzene rings is 2. The van der Waals surface area contributed by atoms with Crippen molar-refractivity contribution in [3.8, 4) is 0 Å². The van der Waals surface area contributed by atoms with Gasteiger partial charge in [0.2, 0.25) is 5.91 Å². The molecule has 0 radical (unpaired) electrons. The molecule has 32 heavy (non-hydrogen) atoms. The molecular formula is C26H34ClN3O2. The summed E-state index contributed by atoms with van der Waals surface area (Å²) in [5, 5.41) is 3.52. The van der Waals surface area contributed by atoms with Crippen molar-refractivity contribution in [2.24, 2.45) is 11.8 Å². The zero-order valence-electron chi connectivity index (χ0n) is 19.7. The van der Waals surface area contributed by atoms with Crippen LogP contribution >= 0.6 is 11.6 Å². The Morgan fingerprint density at radius 3 is 2.34 bits per heavy atom. The summed E-state index contributed by atoms with van der Waals surface area (Å²) < 4.78 is 0. The predicted molar refractivity (Wildman–Crippen MR) is 132 cm³/mol. The van der Waals surface area contributed by atoms with Crippen LogP contribution in [0.15, 0.2) is 42.5 Å². The summed E-state index contributed by atoms with van der Waals surface area (Å²) in [5.74, 6) is 0.377. The van der Waals surface area contributed by atoms with Crippen molar-refractivity contribution in [2.45, 2.75) is 52.6 Å². The molecule has 1 aliphatic carbocycles. The SMILES string of the molecule is CC(C)C(C)N(Cc1cc(NC(=O)C2CCC2)ccc1N(C)C)C(=O)c1ccccc1Cl. The highest BCUT2D eigenvalue weighted by atomic mass is 35.5. The van der Waals surface area contributed by atoms with Crippen LogP contribution in [-0.4, -0.2) is 36.9 Å². The van der Waals surface area contributed by atoms with Crippen molar-refractivity contribution < 1.29 is 9.59 Å². The Kier molecular flexibility index (Phi) is 7.83. The summed E-state index contributed by atoms with van der Waals surface area (Å²) in [7, 11) is 3.97. The fourth-order valence-corrected chi connectivity index (χ4v) is 4.09. The number of rotatable bonds is 8. The zero-order chi connectivity index (χ0) is 23.4. The number of halogens is 1. The molecule has 2 amide bonds. The van der Waals surface area contributed by atoms with E-state index in [1.165, 1.54) is 0 Å². The first-order valence-corrected chi connectivity index (χ1v) is 11.7. The van der Waals surface area contributed by atoms with Crippen molar-refractivity contribution in [3.63, 3.8) is 0 Å². The van der Waals surface area contributed by atoms with Gasteiger partial charge in [-0.05, 0) is 61.6 Å². The minimum absolute atomic E-state index is 0.00186. The molecular weight excluding hydrogens is 422 g/mol. The molecule has 172 valence electrons. The van der Waals surface area contributed by atoms with Gasteiger partial charge in [-0.3, -0.25) is 9.59 Å². The fourth-order valence-electron chi connectivity index (χ4n) is 3.87. The Balaban J connectivity index is 1.94. The van der Waals surface area contributed by atoms with Crippen LogP contribution in [0.25, 0.3) is 0 Å². The molecule has 5 nitrogen and oxygen atoms in total. The van der Waals surface area contributed by atoms with Crippen LogP contribution in [0.3, 0.4) is 0 Å². The maximum absolute atomic E-state index is 13.6. The van der Waals surface area contributed by atoms with Crippen molar-refractivity contribution in [3.05, 3.63) is 58.6 Å². The second-order valence-electron chi connectivity index (χ2n) is 9.25. The normalized spacial score (nSPS) is 14.6. The van der Waals surface area contributed by atoms with Gasteiger partial charge in [-0.2, -0.15) is 0 Å². The van der Waals surface area contributed by atoms with E-state index >= 15 is 0 Å². The molecule has 0 heterocycles. The first kappa shape index (κ1) is 24.1. The number of nitrogens with zero attached hydrogens (tertiary/aromatic N) is 2.